The molecule has 3 rings (SSSR count). The molecule has 3 heterocycles. The minimum Gasteiger partial charge on any atom is -0.376 e. The van der Waals surface area contributed by atoms with Gasteiger partial charge in [-0.15, -0.1) is 22.3 Å². The summed E-state index contributed by atoms with van der Waals surface area (Å²) in [6.07, 6.45) is 5.31. The van der Waals surface area contributed by atoms with Crippen LogP contribution in [0.3, 0.4) is 0 Å². The van der Waals surface area contributed by atoms with E-state index in [9.17, 15) is 8.42 Å². The smallest absolute Gasteiger partial charge is 0.294 e. The van der Waals surface area contributed by atoms with Gasteiger partial charge in [0.25, 0.3) is 10.0 Å². The van der Waals surface area contributed by atoms with E-state index in [4.69, 9.17) is 28.6 Å². The predicted octanol–water partition coefficient (Wildman–Crippen LogP) is 2.72. The zero-order valence-corrected chi connectivity index (χ0v) is 19.8. The zero-order valence-electron chi connectivity index (χ0n) is 15.8. The van der Waals surface area contributed by atoms with Gasteiger partial charge in [-0.2, -0.15) is 13.5 Å². The highest BCUT2D eigenvalue weighted by molar-refractivity contribution is 7.92. The third-order valence-electron chi connectivity index (χ3n) is 3.99. The van der Waals surface area contributed by atoms with Crippen molar-refractivity contribution in [1.82, 2.24) is 15.3 Å². The van der Waals surface area contributed by atoms with Crippen molar-refractivity contribution in [3.63, 3.8) is 0 Å². The number of allylic oxidation sites excluding steroid dienone is 1. The molecule has 1 saturated heterocycles. The minimum absolute atomic E-state index is 0.160. The van der Waals surface area contributed by atoms with E-state index in [1.165, 1.54) is 12.3 Å². The van der Waals surface area contributed by atoms with Crippen LogP contribution < -0.4 is 15.5 Å². The molecule has 2 aromatic heterocycles. The maximum Gasteiger partial charge on any atom is 0.294 e. The van der Waals surface area contributed by atoms with Crippen molar-refractivity contribution in [2.45, 2.75) is 29.7 Å². The van der Waals surface area contributed by atoms with Crippen LogP contribution in [0.2, 0.25) is 5.15 Å². The molecule has 0 amide bonds. The second-order valence-electron chi connectivity index (χ2n) is 6.15. The molecule has 0 bridgehead atoms. The molecule has 1 aliphatic heterocycles. The Bertz CT molecular complexity index is 1080. The standard InChI is InChI=1S/C17H20ClN5O3S4/c1-2-7-23-15(18)13(11-20-21-16(27)19-10-12-5-3-8-26-12)29-17(23)22-30(24,25)14-6-4-9-28-14/h2,4,6,9,11-12H,1,3,5,7-8,10H2,(H2,19,21,27). The summed E-state index contributed by atoms with van der Waals surface area (Å²) < 4.78 is 36.2. The lowest BCUT2D eigenvalue weighted by atomic mass is 10.2. The molecular weight excluding hydrogens is 486 g/mol. The first kappa shape index (κ1) is 23.1. The molecule has 0 saturated carbocycles. The quantitative estimate of drug-likeness (QED) is 0.248. The zero-order chi connectivity index (χ0) is 21.6. The molecule has 8 nitrogen and oxygen atoms in total. The van der Waals surface area contributed by atoms with Crippen molar-refractivity contribution in [1.29, 1.82) is 0 Å². The van der Waals surface area contributed by atoms with E-state index in [0.29, 0.717) is 28.2 Å². The van der Waals surface area contributed by atoms with Gasteiger partial charge >= 0.3 is 0 Å². The number of thiazole rings is 1. The summed E-state index contributed by atoms with van der Waals surface area (Å²) in [6, 6.07) is 3.17. The highest BCUT2D eigenvalue weighted by Gasteiger charge is 2.17. The van der Waals surface area contributed by atoms with E-state index in [-0.39, 0.29) is 15.1 Å². The number of hydrogen-bond donors (Lipinski definition) is 2. The van der Waals surface area contributed by atoms with E-state index in [1.54, 1.807) is 22.1 Å². The second-order valence-corrected chi connectivity index (χ2v) is 10.7. The number of aromatic nitrogens is 1. The van der Waals surface area contributed by atoms with Gasteiger partial charge in [0.2, 0.25) is 4.80 Å². The summed E-state index contributed by atoms with van der Waals surface area (Å²) in [5.74, 6) is 0. The van der Waals surface area contributed by atoms with Gasteiger partial charge in [-0.25, -0.2) is 0 Å². The minimum atomic E-state index is -3.83. The van der Waals surface area contributed by atoms with Crippen LogP contribution in [-0.4, -0.2) is 43.6 Å². The predicted molar refractivity (Wildman–Crippen MR) is 125 cm³/mol. The van der Waals surface area contributed by atoms with Gasteiger partial charge in [0.1, 0.15) is 9.36 Å². The normalized spacial score (nSPS) is 17.5. The Morgan fingerprint density at radius 2 is 2.37 bits per heavy atom. The summed E-state index contributed by atoms with van der Waals surface area (Å²) in [5.41, 5.74) is 2.72. The Morgan fingerprint density at radius 1 is 1.53 bits per heavy atom. The van der Waals surface area contributed by atoms with Crippen LogP contribution in [0.1, 0.15) is 17.7 Å². The molecule has 162 valence electrons. The number of ether oxygens (including phenoxy) is 1. The number of halogens is 1. The van der Waals surface area contributed by atoms with Crippen LogP contribution in [0.4, 0.5) is 0 Å². The number of thiophene rings is 1. The van der Waals surface area contributed by atoms with Crippen LogP contribution in [0.25, 0.3) is 0 Å². The Morgan fingerprint density at radius 3 is 3.03 bits per heavy atom. The van der Waals surface area contributed by atoms with Crippen molar-refractivity contribution < 1.29 is 13.2 Å². The van der Waals surface area contributed by atoms with Crippen molar-refractivity contribution in [2.24, 2.45) is 9.50 Å². The first-order valence-corrected chi connectivity index (χ1v) is 12.9. The topological polar surface area (TPSA) is 97.1 Å². The molecule has 0 aromatic carbocycles. The van der Waals surface area contributed by atoms with Crippen molar-refractivity contribution in [3.05, 3.63) is 45.0 Å². The summed E-state index contributed by atoms with van der Waals surface area (Å²) in [5, 5.41) is 9.48. The number of nitrogens with one attached hydrogen (secondary N) is 2. The third kappa shape index (κ3) is 5.99. The average molecular weight is 506 g/mol. The van der Waals surface area contributed by atoms with Crippen molar-refractivity contribution >= 4 is 67.8 Å². The molecule has 13 heteroatoms. The van der Waals surface area contributed by atoms with Gasteiger partial charge in [0.15, 0.2) is 5.11 Å². The maximum atomic E-state index is 12.5. The molecule has 2 N–H and O–H groups in total. The molecule has 30 heavy (non-hydrogen) atoms. The third-order valence-corrected chi connectivity index (χ3v) is 8.52. The first-order chi connectivity index (χ1) is 14.4. The molecule has 1 atom stereocenters. The van der Waals surface area contributed by atoms with E-state index < -0.39 is 10.0 Å². The number of thiocarbonyl (C=S) groups is 1. The first-order valence-electron chi connectivity index (χ1n) is 8.94. The fourth-order valence-corrected chi connectivity index (χ4v) is 6.18. The number of rotatable bonds is 8. The molecule has 2 aromatic rings. The van der Waals surface area contributed by atoms with Gasteiger partial charge in [0, 0.05) is 19.7 Å². The Kier molecular flexibility index (Phi) is 8.20. The second kappa shape index (κ2) is 10.6. The summed E-state index contributed by atoms with van der Waals surface area (Å²) in [6.45, 7) is 5.38. The lowest BCUT2D eigenvalue weighted by Crippen LogP contribution is -2.37. The Labute approximate surface area is 193 Å². The summed E-state index contributed by atoms with van der Waals surface area (Å²) in [7, 11) is -3.83. The molecule has 1 fully saturated rings. The van der Waals surface area contributed by atoms with Gasteiger partial charge in [-0.3, -0.25) is 5.43 Å². The molecule has 0 spiro atoms. The maximum absolute atomic E-state index is 12.5. The molecule has 0 radical (unpaired) electrons. The summed E-state index contributed by atoms with van der Waals surface area (Å²) >= 11 is 13.8. The lowest BCUT2D eigenvalue weighted by molar-refractivity contribution is 0.114. The van der Waals surface area contributed by atoms with Crippen LogP contribution in [0.5, 0.6) is 0 Å². The number of sulfonamides is 1. The summed E-state index contributed by atoms with van der Waals surface area (Å²) in [4.78, 5) is 0.766. The number of hydrazone groups is 1. The van der Waals surface area contributed by atoms with Gasteiger partial charge < -0.3 is 14.6 Å². The highest BCUT2D eigenvalue weighted by atomic mass is 35.5. The molecule has 1 aliphatic rings. The molecular formula is C17H20ClN5O3S4. The Balaban J connectivity index is 1.74. The van der Waals surface area contributed by atoms with E-state index in [2.05, 4.69) is 26.8 Å². The van der Waals surface area contributed by atoms with Crippen LogP contribution >= 0.6 is 46.5 Å². The lowest BCUT2D eigenvalue weighted by Gasteiger charge is -2.11. The van der Waals surface area contributed by atoms with E-state index >= 15 is 0 Å². The van der Waals surface area contributed by atoms with Crippen LogP contribution in [-0.2, 0) is 21.3 Å². The fourth-order valence-electron chi connectivity index (χ4n) is 2.61. The van der Waals surface area contributed by atoms with Gasteiger partial charge in [0.05, 0.1) is 17.2 Å². The molecule has 0 aliphatic carbocycles. The molecule has 1 unspecified atom stereocenters. The van der Waals surface area contributed by atoms with Crippen LogP contribution in [0.15, 0.2) is 43.9 Å². The average Bonchev–Trinajstić information content (AvgIpc) is 3.46. The monoisotopic (exact) mass is 505 g/mol. The van der Waals surface area contributed by atoms with E-state index in [1.807, 2.05) is 0 Å². The van der Waals surface area contributed by atoms with E-state index in [0.717, 1.165) is 42.1 Å². The van der Waals surface area contributed by atoms with Crippen LogP contribution in [0, 0.1) is 0 Å². The number of nitrogens with zero attached hydrogens (tertiary/aromatic N) is 3. The van der Waals surface area contributed by atoms with Crippen molar-refractivity contribution in [3.8, 4) is 0 Å². The fraction of sp³-hybridized carbons (Fsp3) is 0.353. The Hall–Kier alpha value is -1.57. The van der Waals surface area contributed by atoms with Gasteiger partial charge in [-0.05, 0) is 36.5 Å². The number of hydrogen-bond acceptors (Lipinski definition) is 7. The van der Waals surface area contributed by atoms with Gasteiger partial charge in [-0.1, -0.05) is 35.1 Å². The highest BCUT2D eigenvalue weighted by Crippen LogP contribution is 2.20. The SMILES string of the molecule is C=CCn1c(Cl)c(C=NNC(=S)NCC2CCCO2)sc1=NS(=O)(=O)c1cccs1. The van der Waals surface area contributed by atoms with Crippen molar-refractivity contribution in [2.75, 3.05) is 13.2 Å². The largest absolute Gasteiger partial charge is 0.376 e.